The minimum atomic E-state index is -0.335. The van der Waals surface area contributed by atoms with Gasteiger partial charge in [0.05, 0.1) is 18.3 Å². The highest BCUT2D eigenvalue weighted by atomic mass is 16.5. The first-order chi connectivity index (χ1) is 9.61. The van der Waals surface area contributed by atoms with Crippen LogP contribution in [0.1, 0.15) is 27.4 Å². The molecule has 1 aromatic carbocycles. The van der Waals surface area contributed by atoms with Gasteiger partial charge in [0.1, 0.15) is 11.3 Å². The van der Waals surface area contributed by atoms with Crippen molar-refractivity contribution >= 4 is 5.91 Å². The molecule has 0 aliphatic carbocycles. The number of benzene rings is 1. The molecular weight excluding hydrogens is 256 g/mol. The minimum absolute atomic E-state index is 0.121. The molecule has 0 aliphatic heterocycles. The van der Waals surface area contributed by atoms with Crippen molar-refractivity contribution in [3.63, 3.8) is 0 Å². The third kappa shape index (κ3) is 3.24. The van der Waals surface area contributed by atoms with Crippen molar-refractivity contribution in [2.45, 2.75) is 26.3 Å². The maximum Gasteiger partial charge on any atom is 0.257 e. The lowest BCUT2D eigenvalue weighted by Gasteiger charge is -2.16. The van der Waals surface area contributed by atoms with Gasteiger partial charge in [0.15, 0.2) is 0 Å². The summed E-state index contributed by atoms with van der Waals surface area (Å²) in [5.41, 5.74) is 2.05. The molecule has 1 amide bonds. The van der Waals surface area contributed by atoms with E-state index in [4.69, 9.17) is 4.52 Å². The lowest BCUT2D eigenvalue weighted by molar-refractivity contribution is 0.0914. The van der Waals surface area contributed by atoms with E-state index in [0.29, 0.717) is 23.4 Å². The predicted octanol–water partition coefficient (Wildman–Crippen LogP) is 1.62. The van der Waals surface area contributed by atoms with Crippen molar-refractivity contribution in [3.05, 3.63) is 52.9 Å². The zero-order valence-corrected chi connectivity index (χ0v) is 11.6. The van der Waals surface area contributed by atoms with Crippen LogP contribution in [0.3, 0.4) is 0 Å². The molecular formula is C15H18N2O3. The van der Waals surface area contributed by atoms with E-state index in [2.05, 4.69) is 10.5 Å². The quantitative estimate of drug-likeness (QED) is 0.869. The van der Waals surface area contributed by atoms with E-state index in [1.807, 2.05) is 30.3 Å². The Morgan fingerprint density at radius 2 is 2.05 bits per heavy atom. The summed E-state index contributed by atoms with van der Waals surface area (Å²) >= 11 is 0. The number of aromatic nitrogens is 1. The van der Waals surface area contributed by atoms with Crippen LogP contribution in [-0.2, 0) is 6.42 Å². The first kappa shape index (κ1) is 14.3. The largest absolute Gasteiger partial charge is 0.394 e. The summed E-state index contributed by atoms with van der Waals surface area (Å²) in [6.07, 6.45) is 0.576. The zero-order valence-electron chi connectivity index (χ0n) is 11.6. The van der Waals surface area contributed by atoms with Crippen molar-refractivity contribution in [2.24, 2.45) is 0 Å². The maximum absolute atomic E-state index is 12.2. The number of amides is 1. The van der Waals surface area contributed by atoms with Gasteiger partial charge in [-0.1, -0.05) is 35.5 Å². The topological polar surface area (TPSA) is 75.4 Å². The zero-order chi connectivity index (χ0) is 14.5. The summed E-state index contributed by atoms with van der Waals surface area (Å²) in [7, 11) is 0. The van der Waals surface area contributed by atoms with Crippen LogP contribution in [-0.4, -0.2) is 28.8 Å². The molecule has 5 nitrogen and oxygen atoms in total. The lowest BCUT2D eigenvalue weighted by Crippen LogP contribution is -2.39. The molecule has 2 aromatic rings. The van der Waals surface area contributed by atoms with Gasteiger partial charge < -0.3 is 14.9 Å². The van der Waals surface area contributed by atoms with Gasteiger partial charge in [0.25, 0.3) is 5.91 Å². The monoisotopic (exact) mass is 274 g/mol. The fraction of sp³-hybridized carbons (Fsp3) is 0.333. The number of carbonyl (C=O) groups is 1. The van der Waals surface area contributed by atoms with Crippen LogP contribution >= 0.6 is 0 Å². The van der Waals surface area contributed by atoms with Crippen LogP contribution in [0, 0.1) is 13.8 Å². The van der Waals surface area contributed by atoms with Crippen LogP contribution in [0.25, 0.3) is 0 Å². The number of hydrogen-bond acceptors (Lipinski definition) is 4. The summed E-state index contributed by atoms with van der Waals surface area (Å²) in [6, 6.07) is 9.38. The first-order valence-electron chi connectivity index (χ1n) is 6.50. The lowest BCUT2D eigenvalue weighted by atomic mass is 10.1. The van der Waals surface area contributed by atoms with Crippen LogP contribution in [0.4, 0.5) is 0 Å². The van der Waals surface area contributed by atoms with E-state index in [1.54, 1.807) is 13.8 Å². The van der Waals surface area contributed by atoms with Crippen LogP contribution in [0.15, 0.2) is 34.9 Å². The van der Waals surface area contributed by atoms with Gasteiger partial charge in [-0.25, -0.2) is 0 Å². The average molecular weight is 274 g/mol. The van der Waals surface area contributed by atoms with Crippen molar-refractivity contribution in [1.29, 1.82) is 0 Å². The Bertz CT molecular complexity index is 559. The average Bonchev–Trinajstić information content (AvgIpc) is 2.78. The Morgan fingerprint density at radius 3 is 2.60 bits per heavy atom. The molecule has 0 bridgehead atoms. The molecule has 0 aliphatic rings. The molecule has 2 rings (SSSR count). The molecule has 0 spiro atoms. The summed E-state index contributed by atoms with van der Waals surface area (Å²) in [5.74, 6) is 0.215. The van der Waals surface area contributed by atoms with Gasteiger partial charge >= 0.3 is 0 Å². The highest BCUT2D eigenvalue weighted by molar-refractivity contribution is 5.96. The van der Waals surface area contributed by atoms with Crippen LogP contribution < -0.4 is 5.32 Å². The van der Waals surface area contributed by atoms with Crippen LogP contribution in [0.5, 0.6) is 0 Å². The molecule has 0 saturated heterocycles. The molecule has 1 atom stereocenters. The molecule has 0 radical (unpaired) electrons. The Morgan fingerprint density at radius 1 is 1.35 bits per heavy atom. The summed E-state index contributed by atoms with van der Waals surface area (Å²) in [6.45, 7) is 3.29. The number of carbonyl (C=O) groups excluding carboxylic acids is 1. The molecule has 0 unspecified atom stereocenters. The first-order valence-corrected chi connectivity index (χ1v) is 6.50. The van der Waals surface area contributed by atoms with E-state index in [0.717, 1.165) is 5.56 Å². The summed E-state index contributed by atoms with van der Waals surface area (Å²) in [4.78, 5) is 12.2. The number of aliphatic hydroxyl groups excluding tert-OH is 1. The number of aryl methyl sites for hydroxylation is 2. The van der Waals surface area contributed by atoms with Crippen molar-refractivity contribution in [3.8, 4) is 0 Å². The normalized spacial score (nSPS) is 12.2. The van der Waals surface area contributed by atoms with Crippen molar-refractivity contribution in [2.75, 3.05) is 6.61 Å². The molecule has 0 fully saturated rings. The van der Waals surface area contributed by atoms with Crippen LogP contribution in [0.2, 0.25) is 0 Å². The molecule has 2 N–H and O–H groups in total. The molecule has 0 saturated carbocycles. The van der Waals surface area contributed by atoms with Gasteiger partial charge in [-0.2, -0.15) is 0 Å². The Labute approximate surface area is 117 Å². The smallest absolute Gasteiger partial charge is 0.257 e. The second-order valence-electron chi connectivity index (χ2n) is 4.74. The van der Waals surface area contributed by atoms with Gasteiger partial charge in [0, 0.05) is 0 Å². The highest BCUT2D eigenvalue weighted by Gasteiger charge is 2.20. The predicted molar refractivity (Wildman–Crippen MR) is 74.5 cm³/mol. The number of nitrogens with zero attached hydrogens (tertiary/aromatic N) is 1. The summed E-state index contributed by atoms with van der Waals surface area (Å²) in [5, 5.41) is 16.0. The van der Waals surface area contributed by atoms with E-state index >= 15 is 0 Å². The molecule has 20 heavy (non-hydrogen) atoms. The summed E-state index contributed by atoms with van der Waals surface area (Å²) < 4.78 is 4.98. The SMILES string of the molecule is Cc1noc(C)c1C(=O)N[C@H](CO)Cc1ccccc1. The van der Waals surface area contributed by atoms with E-state index < -0.39 is 0 Å². The van der Waals surface area contributed by atoms with Gasteiger partial charge in [-0.15, -0.1) is 0 Å². The Hall–Kier alpha value is -2.14. The second kappa shape index (κ2) is 6.34. The highest BCUT2D eigenvalue weighted by Crippen LogP contribution is 2.12. The fourth-order valence-electron chi connectivity index (χ4n) is 2.12. The number of rotatable bonds is 5. The van der Waals surface area contributed by atoms with Gasteiger partial charge in [-0.3, -0.25) is 4.79 Å². The van der Waals surface area contributed by atoms with E-state index in [-0.39, 0.29) is 18.6 Å². The molecule has 106 valence electrons. The van der Waals surface area contributed by atoms with Crippen molar-refractivity contribution < 1.29 is 14.4 Å². The molecule has 1 heterocycles. The molecule has 5 heteroatoms. The van der Waals surface area contributed by atoms with E-state index in [9.17, 15) is 9.90 Å². The third-order valence-electron chi connectivity index (χ3n) is 3.14. The number of nitrogens with one attached hydrogen (secondary N) is 1. The van der Waals surface area contributed by atoms with Crippen molar-refractivity contribution in [1.82, 2.24) is 10.5 Å². The molecule has 1 aromatic heterocycles. The standard InChI is InChI=1S/C15H18N2O3/c1-10-14(11(2)20-17-10)15(19)16-13(9-18)8-12-6-4-3-5-7-12/h3-7,13,18H,8-9H2,1-2H3,(H,16,19)/t13-/m0/s1. The maximum atomic E-state index is 12.2. The minimum Gasteiger partial charge on any atom is -0.394 e. The Balaban J connectivity index is 2.05. The fourth-order valence-corrected chi connectivity index (χ4v) is 2.12. The van der Waals surface area contributed by atoms with Gasteiger partial charge in [-0.05, 0) is 25.8 Å². The number of aliphatic hydroxyl groups is 1. The number of hydrogen-bond donors (Lipinski definition) is 2. The third-order valence-corrected chi connectivity index (χ3v) is 3.14. The second-order valence-corrected chi connectivity index (χ2v) is 4.74. The van der Waals surface area contributed by atoms with E-state index in [1.165, 1.54) is 0 Å². The Kier molecular flexibility index (Phi) is 4.53. The van der Waals surface area contributed by atoms with Gasteiger partial charge in [0.2, 0.25) is 0 Å².